The standard InChI is InChI=1S/C21H32FNO3S/c1-18(2,3)27(24)23-20(16-8-10-17(22)11-9-16)12-6-7-13-21(20)25-14-19(4,5)15-26-21/h8-11,23H,6-7,12-15H2,1-5H3/t20-,27-/m1/s1. The molecule has 0 radical (unpaired) electrons. The normalized spacial score (nSPS) is 28.8. The van der Waals surface area contributed by atoms with Gasteiger partial charge in [-0.3, -0.25) is 0 Å². The smallest absolute Gasteiger partial charge is 0.191 e. The number of benzene rings is 1. The largest absolute Gasteiger partial charge is 0.347 e. The summed E-state index contributed by atoms with van der Waals surface area (Å²) in [5, 5.41) is 0. The minimum Gasteiger partial charge on any atom is -0.347 e. The van der Waals surface area contributed by atoms with E-state index in [0.717, 1.165) is 31.2 Å². The van der Waals surface area contributed by atoms with E-state index in [-0.39, 0.29) is 11.2 Å². The summed E-state index contributed by atoms with van der Waals surface area (Å²) in [7, 11) is -1.33. The van der Waals surface area contributed by atoms with E-state index in [1.807, 2.05) is 20.8 Å². The Hall–Kier alpha value is -0.820. The van der Waals surface area contributed by atoms with Gasteiger partial charge in [0.1, 0.15) is 11.4 Å². The predicted octanol–water partition coefficient (Wildman–Crippen LogP) is 4.42. The molecule has 0 amide bonds. The summed E-state index contributed by atoms with van der Waals surface area (Å²) < 4.78 is 42.6. The lowest BCUT2D eigenvalue weighted by Gasteiger charge is -2.56. The average molecular weight is 398 g/mol. The monoisotopic (exact) mass is 397 g/mol. The fraction of sp³-hybridized carbons (Fsp3) is 0.714. The third kappa shape index (κ3) is 4.00. The summed E-state index contributed by atoms with van der Waals surface area (Å²) in [6.07, 6.45) is 3.38. The van der Waals surface area contributed by atoms with Crippen molar-refractivity contribution in [2.24, 2.45) is 5.41 Å². The zero-order valence-corrected chi connectivity index (χ0v) is 17.9. The van der Waals surface area contributed by atoms with Gasteiger partial charge in [-0.1, -0.05) is 32.4 Å². The van der Waals surface area contributed by atoms with E-state index >= 15 is 0 Å². The Bertz CT molecular complexity index is 688. The van der Waals surface area contributed by atoms with Crippen LogP contribution in [0.1, 0.15) is 65.9 Å². The zero-order chi connectivity index (χ0) is 19.9. The fourth-order valence-corrected chi connectivity index (χ4v) is 4.85. The van der Waals surface area contributed by atoms with Crippen LogP contribution >= 0.6 is 0 Å². The van der Waals surface area contributed by atoms with Crippen molar-refractivity contribution in [3.63, 3.8) is 0 Å². The van der Waals surface area contributed by atoms with Crippen molar-refractivity contribution in [2.45, 2.75) is 76.4 Å². The number of ether oxygens (including phenoxy) is 2. The van der Waals surface area contributed by atoms with Gasteiger partial charge in [0.25, 0.3) is 0 Å². The highest BCUT2D eigenvalue weighted by Crippen LogP contribution is 2.51. The maximum absolute atomic E-state index is 13.6. The van der Waals surface area contributed by atoms with Crippen molar-refractivity contribution in [3.05, 3.63) is 35.6 Å². The highest BCUT2D eigenvalue weighted by Gasteiger charge is 2.59. The van der Waals surface area contributed by atoms with E-state index in [4.69, 9.17) is 9.47 Å². The Kier molecular flexibility index (Phi) is 5.58. The molecule has 6 heteroatoms. The summed E-state index contributed by atoms with van der Waals surface area (Å²) in [6, 6.07) is 6.44. The van der Waals surface area contributed by atoms with E-state index in [1.54, 1.807) is 12.1 Å². The lowest BCUT2D eigenvalue weighted by molar-refractivity contribution is -0.343. The van der Waals surface area contributed by atoms with Gasteiger partial charge < -0.3 is 9.47 Å². The van der Waals surface area contributed by atoms with Crippen molar-refractivity contribution in [1.82, 2.24) is 4.72 Å². The van der Waals surface area contributed by atoms with Gasteiger partial charge in [0.05, 0.1) is 28.9 Å². The first-order valence-corrected chi connectivity index (χ1v) is 10.9. The fourth-order valence-electron chi connectivity index (χ4n) is 3.85. The van der Waals surface area contributed by atoms with Crippen LogP contribution in [0.5, 0.6) is 0 Å². The molecule has 2 fully saturated rings. The lowest BCUT2D eigenvalue weighted by atomic mass is 9.71. The molecule has 1 aromatic carbocycles. The van der Waals surface area contributed by atoms with Gasteiger partial charge in [0, 0.05) is 11.8 Å². The highest BCUT2D eigenvalue weighted by molar-refractivity contribution is 7.84. The number of hydrogen-bond donors (Lipinski definition) is 1. The topological polar surface area (TPSA) is 47.6 Å². The van der Waals surface area contributed by atoms with Crippen molar-refractivity contribution >= 4 is 11.0 Å². The predicted molar refractivity (Wildman–Crippen MR) is 106 cm³/mol. The van der Waals surface area contributed by atoms with Gasteiger partial charge in [0.15, 0.2) is 5.79 Å². The van der Waals surface area contributed by atoms with Gasteiger partial charge in [0.2, 0.25) is 0 Å². The van der Waals surface area contributed by atoms with Gasteiger partial charge in [-0.05, 0) is 51.3 Å². The SMILES string of the molecule is CC1(C)COC2(CCCC[C@@]2(N[S@](=O)C(C)(C)C)c2ccc(F)cc2)OC1. The Labute approximate surface area is 164 Å². The second-order valence-electron chi connectivity index (χ2n) is 9.60. The molecule has 152 valence electrons. The van der Waals surface area contributed by atoms with Crippen LogP contribution in [0.3, 0.4) is 0 Å². The molecule has 2 atom stereocenters. The number of nitrogens with one attached hydrogen (secondary N) is 1. The molecule has 0 aromatic heterocycles. The summed E-state index contributed by atoms with van der Waals surface area (Å²) in [4.78, 5) is 0. The molecule has 4 nitrogen and oxygen atoms in total. The van der Waals surface area contributed by atoms with Crippen molar-refractivity contribution < 1.29 is 18.1 Å². The van der Waals surface area contributed by atoms with E-state index in [0.29, 0.717) is 13.2 Å². The molecule has 1 aromatic rings. The maximum atomic E-state index is 13.6. The Morgan fingerprint density at radius 2 is 1.59 bits per heavy atom. The van der Waals surface area contributed by atoms with Crippen LogP contribution in [-0.4, -0.2) is 28.0 Å². The second kappa shape index (κ2) is 7.21. The molecule has 0 unspecified atom stereocenters. The van der Waals surface area contributed by atoms with Crippen LogP contribution in [0, 0.1) is 11.2 Å². The first kappa shape index (κ1) is 20.9. The summed E-state index contributed by atoms with van der Waals surface area (Å²) in [5.41, 5.74) is 0.00878. The lowest BCUT2D eigenvalue weighted by Crippen LogP contribution is -2.68. The Morgan fingerprint density at radius 3 is 2.15 bits per heavy atom. The highest BCUT2D eigenvalue weighted by atomic mass is 32.2. The maximum Gasteiger partial charge on any atom is 0.191 e. The molecule has 27 heavy (non-hydrogen) atoms. The Balaban J connectivity index is 2.09. The molecule has 1 heterocycles. The van der Waals surface area contributed by atoms with Gasteiger partial charge >= 0.3 is 0 Å². The molecule has 0 bridgehead atoms. The van der Waals surface area contributed by atoms with Crippen molar-refractivity contribution in [2.75, 3.05) is 13.2 Å². The average Bonchev–Trinajstić information content (AvgIpc) is 2.59. The van der Waals surface area contributed by atoms with Crippen LogP contribution < -0.4 is 4.72 Å². The molecule has 1 N–H and O–H groups in total. The van der Waals surface area contributed by atoms with E-state index in [2.05, 4.69) is 18.6 Å². The minimum absolute atomic E-state index is 0.0690. The molecular formula is C21H32FNO3S. The third-order valence-corrected chi connectivity index (χ3v) is 7.16. The van der Waals surface area contributed by atoms with Crippen LogP contribution in [0.25, 0.3) is 0 Å². The second-order valence-corrected chi connectivity index (χ2v) is 11.6. The quantitative estimate of drug-likeness (QED) is 0.821. The molecule has 1 saturated carbocycles. The Morgan fingerprint density at radius 1 is 1.04 bits per heavy atom. The van der Waals surface area contributed by atoms with Crippen LogP contribution in [0.2, 0.25) is 0 Å². The van der Waals surface area contributed by atoms with Crippen molar-refractivity contribution in [1.29, 1.82) is 0 Å². The minimum atomic E-state index is -1.33. The molecular weight excluding hydrogens is 365 g/mol. The zero-order valence-electron chi connectivity index (χ0n) is 17.1. The van der Waals surface area contributed by atoms with Crippen LogP contribution in [-0.2, 0) is 26.0 Å². The van der Waals surface area contributed by atoms with Gasteiger partial charge in [-0.2, -0.15) is 0 Å². The molecule has 2 aliphatic rings. The van der Waals surface area contributed by atoms with E-state index < -0.39 is 27.1 Å². The van der Waals surface area contributed by atoms with Crippen LogP contribution in [0.15, 0.2) is 24.3 Å². The molecule has 1 aliphatic heterocycles. The van der Waals surface area contributed by atoms with Gasteiger partial charge in [-0.15, -0.1) is 0 Å². The number of halogens is 1. The molecule has 1 spiro atoms. The third-order valence-electron chi connectivity index (χ3n) is 5.51. The first-order valence-electron chi connectivity index (χ1n) is 9.74. The summed E-state index contributed by atoms with van der Waals surface area (Å²) in [5.74, 6) is -1.19. The van der Waals surface area contributed by atoms with Gasteiger partial charge in [-0.25, -0.2) is 13.3 Å². The van der Waals surface area contributed by atoms with Crippen molar-refractivity contribution in [3.8, 4) is 0 Å². The number of hydrogen-bond acceptors (Lipinski definition) is 3. The first-order chi connectivity index (χ1) is 12.5. The van der Waals surface area contributed by atoms with E-state index in [1.165, 1.54) is 12.1 Å². The molecule has 1 saturated heterocycles. The summed E-state index contributed by atoms with van der Waals surface area (Å²) in [6.45, 7) is 11.2. The van der Waals surface area contributed by atoms with E-state index in [9.17, 15) is 8.60 Å². The summed E-state index contributed by atoms with van der Waals surface area (Å²) >= 11 is 0. The molecule has 3 rings (SSSR count). The number of rotatable bonds is 3. The molecule has 1 aliphatic carbocycles. The van der Waals surface area contributed by atoms with Crippen LogP contribution in [0.4, 0.5) is 4.39 Å².